The maximum atomic E-state index is 10.8. The molecule has 0 bridgehead atoms. The van der Waals surface area contributed by atoms with Gasteiger partial charge in [-0.3, -0.25) is 0 Å². The number of thiazole rings is 1. The smallest absolute Gasteiger partial charge is 0.185 e. The lowest BCUT2D eigenvalue weighted by Crippen LogP contribution is -2.52. The molecule has 0 spiro atoms. The lowest BCUT2D eigenvalue weighted by molar-refractivity contribution is -0.0439. The van der Waals surface area contributed by atoms with Crippen LogP contribution in [0.3, 0.4) is 0 Å². The lowest BCUT2D eigenvalue weighted by atomic mass is 10.0. The van der Waals surface area contributed by atoms with E-state index in [0.717, 1.165) is 24.8 Å². The third kappa shape index (κ3) is 3.25. The van der Waals surface area contributed by atoms with Crippen molar-refractivity contribution >= 4 is 16.5 Å². The molecule has 0 radical (unpaired) electrons. The fourth-order valence-electron chi connectivity index (χ4n) is 2.90. The summed E-state index contributed by atoms with van der Waals surface area (Å²) in [5, 5.41) is 13.8. The van der Waals surface area contributed by atoms with Crippen LogP contribution in [0, 0.1) is 0 Å². The van der Waals surface area contributed by atoms with Crippen molar-refractivity contribution in [2.45, 2.75) is 18.4 Å². The van der Waals surface area contributed by atoms with Crippen molar-refractivity contribution in [1.29, 1.82) is 0 Å². The average molecular weight is 283 g/mol. The van der Waals surface area contributed by atoms with Crippen molar-refractivity contribution in [2.75, 3.05) is 50.8 Å². The molecule has 2 fully saturated rings. The summed E-state index contributed by atoms with van der Waals surface area (Å²) in [7, 11) is 0. The molecule has 5 nitrogen and oxygen atoms in total. The molecule has 19 heavy (non-hydrogen) atoms. The minimum Gasteiger partial charge on any atom is -0.384 e. The van der Waals surface area contributed by atoms with Gasteiger partial charge in [0.05, 0.1) is 19.8 Å². The number of nitrogens with zero attached hydrogens (tertiary/aromatic N) is 3. The Hall–Kier alpha value is -0.690. The number of β-amino-alcohol motifs (C(OH)–C–C–N with tert-alkyl or cyclic N) is 1. The topological polar surface area (TPSA) is 48.8 Å². The van der Waals surface area contributed by atoms with Gasteiger partial charge in [0.1, 0.15) is 5.60 Å². The summed E-state index contributed by atoms with van der Waals surface area (Å²) in [6.45, 7) is 5.38. The van der Waals surface area contributed by atoms with Gasteiger partial charge in [0, 0.05) is 24.7 Å². The second-order valence-electron chi connectivity index (χ2n) is 5.50. The molecule has 3 rings (SSSR count). The quantitative estimate of drug-likeness (QED) is 0.889. The first-order chi connectivity index (χ1) is 9.25. The van der Waals surface area contributed by atoms with E-state index < -0.39 is 5.60 Å². The molecule has 0 aliphatic carbocycles. The van der Waals surface area contributed by atoms with E-state index in [2.05, 4.69) is 14.8 Å². The van der Waals surface area contributed by atoms with Gasteiger partial charge in [0.2, 0.25) is 0 Å². The van der Waals surface area contributed by atoms with Crippen LogP contribution in [0.4, 0.5) is 5.13 Å². The zero-order valence-electron chi connectivity index (χ0n) is 11.1. The predicted molar refractivity (Wildman–Crippen MR) is 75.8 cm³/mol. The Labute approximate surface area is 117 Å². The molecule has 1 N–H and O–H groups in total. The van der Waals surface area contributed by atoms with Crippen LogP contribution in [-0.2, 0) is 4.74 Å². The summed E-state index contributed by atoms with van der Waals surface area (Å²) in [4.78, 5) is 8.83. The molecule has 1 aromatic heterocycles. The van der Waals surface area contributed by atoms with E-state index in [1.54, 1.807) is 11.3 Å². The van der Waals surface area contributed by atoms with Crippen LogP contribution in [0.1, 0.15) is 12.8 Å². The Balaban J connectivity index is 1.68. The monoisotopic (exact) mass is 283 g/mol. The number of aliphatic hydroxyl groups is 1. The second kappa shape index (κ2) is 5.75. The van der Waals surface area contributed by atoms with Crippen LogP contribution < -0.4 is 4.90 Å². The summed E-state index contributed by atoms with van der Waals surface area (Å²) in [6, 6.07) is 0. The fraction of sp³-hybridized carbons (Fsp3) is 0.769. The largest absolute Gasteiger partial charge is 0.384 e. The number of ether oxygens (including phenoxy) is 1. The molecule has 2 aliphatic rings. The molecule has 0 aromatic carbocycles. The Morgan fingerprint density at radius 3 is 2.95 bits per heavy atom. The first-order valence-corrected chi connectivity index (χ1v) is 7.80. The highest BCUT2D eigenvalue weighted by Gasteiger charge is 2.35. The lowest BCUT2D eigenvalue weighted by Gasteiger charge is -2.33. The third-order valence-corrected chi connectivity index (χ3v) is 4.60. The normalized spacial score (nSPS) is 29.6. The molecular formula is C13H21N3O2S. The third-order valence-electron chi connectivity index (χ3n) is 3.77. The highest BCUT2D eigenvalue weighted by molar-refractivity contribution is 7.13. The molecular weight excluding hydrogens is 262 g/mol. The number of aromatic nitrogens is 1. The van der Waals surface area contributed by atoms with E-state index >= 15 is 0 Å². The van der Waals surface area contributed by atoms with Crippen LogP contribution in [0.2, 0.25) is 0 Å². The van der Waals surface area contributed by atoms with E-state index in [-0.39, 0.29) is 0 Å². The molecule has 0 saturated carbocycles. The molecule has 1 atom stereocenters. The van der Waals surface area contributed by atoms with Gasteiger partial charge in [-0.15, -0.1) is 11.3 Å². The summed E-state index contributed by atoms with van der Waals surface area (Å²) in [5.74, 6) is 0. The van der Waals surface area contributed by atoms with Gasteiger partial charge < -0.3 is 19.6 Å². The number of anilines is 1. The van der Waals surface area contributed by atoms with Gasteiger partial charge in [-0.1, -0.05) is 0 Å². The first kappa shape index (κ1) is 13.3. The van der Waals surface area contributed by atoms with Crippen LogP contribution in [0.25, 0.3) is 0 Å². The zero-order chi connectivity index (χ0) is 13.1. The predicted octanol–water partition coefficient (Wildman–Crippen LogP) is 0.807. The Morgan fingerprint density at radius 1 is 1.37 bits per heavy atom. The van der Waals surface area contributed by atoms with Crippen LogP contribution in [0.5, 0.6) is 0 Å². The van der Waals surface area contributed by atoms with Gasteiger partial charge >= 0.3 is 0 Å². The summed E-state index contributed by atoms with van der Waals surface area (Å²) in [6.07, 6.45) is 4.30. The minimum absolute atomic E-state index is 0.422. The van der Waals surface area contributed by atoms with Gasteiger partial charge in [-0.2, -0.15) is 0 Å². The number of hydrogen-bond acceptors (Lipinski definition) is 6. The van der Waals surface area contributed by atoms with Crippen molar-refractivity contribution in [2.24, 2.45) is 0 Å². The second-order valence-corrected chi connectivity index (χ2v) is 6.37. The summed E-state index contributed by atoms with van der Waals surface area (Å²) < 4.78 is 5.61. The molecule has 6 heteroatoms. The first-order valence-electron chi connectivity index (χ1n) is 6.92. The van der Waals surface area contributed by atoms with E-state index in [4.69, 9.17) is 4.74 Å². The highest BCUT2D eigenvalue weighted by Crippen LogP contribution is 2.23. The van der Waals surface area contributed by atoms with Crippen molar-refractivity contribution in [1.82, 2.24) is 9.88 Å². The summed E-state index contributed by atoms with van der Waals surface area (Å²) >= 11 is 1.62. The van der Waals surface area contributed by atoms with Crippen molar-refractivity contribution < 1.29 is 9.84 Å². The van der Waals surface area contributed by atoms with Crippen molar-refractivity contribution in [3.63, 3.8) is 0 Å². The van der Waals surface area contributed by atoms with E-state index in [0.29, 0.717) is 26.3 Å². The average Bonchev–Trinajstić information content (AvgIpc) is 3.03. The maximum absolute atomic E-state index is 10.8. The fourth-order valence-corrected chi connectivity index (χ4v) is 3.57. The van der Waals surface area contributed by atoms with Crippen LogP contribution in [0.15, 0.2) is 11.6 Å². The standard InChI is InChI=1S/C13H21N3O2S/c17-13(9-15-4-1-2-5-15)10-16(6-7-18-11-13)12-14-3-8-19-12/h3,8,17H,1-2,4-7,9-11H2. The molecule has 3 heterocycles. The molecule has 0 amide bonds. The van der Waals surface area contributed by atoms with Crippen molar-refractivity contribution in [3.8, 4) is 0 Å². The molecule has 106 valence electrons. The molecule has 2 aliphatic heterocycles. The van der Waals surface area contributed by atoms with Crippen molar-refractivity contribution in [3.05, 3.63) is 11.6 Å². The molecule has 1 unspecified atom stereocenters. The molecule has 1 aromatic rings. The van der Waals surface area contributed by atoms with Gasteiger partial charge in [0.15, 0.2) is 5.13 Å². The zero-order valence-corrected chi connectivity index (χ0v) is 11.9. The number of rotatable bonds is 3. The van der Waals surface area contributed by atoms with E-state index in [1.807, 2.05) is 11.6 Å². The van der Waals surface area contributed by atoms with Gasteiger partial charge in [-0.05, 0) is 25.9 Å². The summed E-state index contributed by atoms with van der Waals surface area (Å²) in [5.41, 5.74) is -0.785. The van der Waals surface area contributed by atoms with Crippen LogP contribution >= 0.6 is 11.3 Å². The number of likely N-dealkylation sites (tertiary alicyclic amines) is 1. The Morgan fingerprint density at radius 2 is 2.21 bits per heavy atom. The Kier molecular flexibility index (Phi) is 4.02. The van der Waals surface area contributed by atoms with Gasteiger partial charge in [0.25, 0.3) is 0 Å². The van der Waals surface area contributed by atoms with E-state index in [9.17, 15) is 5.11 Å². The Bertz CT molecular complexity index is 395. The maximum Gasteiger partial charge on any atom is 0.185 e. The highest BCUT2D eigenvalue weighted by atomic mass is 32.1. The van der Waals surface area contributed by atoms with E-state index in [1.165, 1.54) is 12.8 Å². The van der Waals surface area contributed by atoms with Gasteiger partial charge in [-0.25, -0.2) is 4.98 Å². The SMILES string of the molecule is OC1(CN2CCCC2)COCCN(c2nccs2)C1. The number of hydrogen-bond donors (Lipinski definition) is 1. The minimum atomic E-state index is -0.785. The molecule has 2 saturated heterocycles. The van der Waals surface area contributed by atoms with Crippen LogP contribution in [-0.4, -0.2) is 66.5 Å².